The molecule has 1 aliphatic carbocycles. The summed E-state index contributed by atoms with van der Waals surface area (Å²) in [5.74, 6) is -0.179. The number of fused-ring (bicyclic) bond motifs is 3. The first kappa shape index (κ1) is 40.5. The SMILES string of the molecule is CC(C)OC(=O)[C@H](C)N[P@@](=O)(Cc1ccc2sc(C(=O)N[C@H]3C[C@@H]4C[C@@H]4C[C@H]4CC[C@@H](C(=O)N5CC(C(=O)N6CCOCC6)C5)N4C3=O)cc2c1)Oc1ccccc1. The van der Waals surface area contributed by atoms with Gasteiger partial charge in [-0.2, -0.15) is 0 Å². The summed E-state index contributed by atoms with van der Waals surface area (Å²) in [4.78, 5) is 73.6. The van der Waals surface area contributed by atoms with E-state index < -0.39 is 31.6 Å². The number of rotatable bonds is 12. The first-order valence-corrected chi connectivity index (χ1v) is 23.1. The number of nitrogens with one attached hydrogen (secondary N) is 2. The van der Waals surface area contributed by atoms with Crippen LogP contribution in [0, 0.1) is 17.8 Å². The van der Waals surface area contributed by atoms with Gasteiger partial charge >= 0.3 is 13.5 Å². The lowest BCUT2D eigenvalue weighted by molar-refractivity contribution is -0.157. The molecule has 0 radical (unpaired) electrons. The fraction of sp³-hybridized carbons (Fsp3) is 0.548. The number of nitrogens with zero attached hydrogens (tertiary/aromatic N) is 3. The third kappa shape index (κ3) is 8.83. The van der Waals surface area contributed by atoms with Crippen molar-refractivity contribution in [2.45, 2.75) is 89.3 Å². The fourth-order valence-corrected chi connectivity index (χ4v) is 11.9. The molecule has 0 unspecified atom stereocenters. The zero-order valence-corrected chi connectivity index (χ0v) is 34.9. The maximum atomic E-state index is 14.4. The number of ether oxygens (including phenoxy) is 2. The van der Waals surface area contributed by atoms with Gasteiger partial charge in [0.1, 0.15) is 23.9 Å². The number of amides is 4. The van der Waals surface area contributed by atoms with Gasteiger partial charge in [0.25, 0.3) is 5.91 Å². The van der Waals surface area contributed by atoms with Crippen LogP contribution in [0.2, 0.25) is 0 Å². The summed E-state index contributed by atoms with van der Waals surface area (Å²) in [5, 5.41) is 6.74. The molecule has 1 aromatic heterocycles. The molecule has 0 bridgehead atoms. The van der Waals surface area contributed by atoms with Crippen molar-refractivity contribution in [3.8, 4) is 5.75 Å². The highest BCUT2D eigenvalue weighted by molar-refractivity contribution is 7.56. The van der Waals surface area contributed by atoms with Gasteiger partial charge in [-0.25, -0.2) is 5.09 Å². The molecule has 7 atom stereocenters. The third-order valence-corrected chi connectivity index (χ3v) is 15.2. The molecule has 4 amide bonds. The van der Waals surface area contributed by atoms with Crippen molar-refractivity contribution in [1.82, 2.24) is 25.1 Å². The van der Waals surface area contributed by atoms with E-state index in [1.54, 1.807) is 60.9 Å². The van der Waals surface area contributed by atoms with Crippen molar-refractivity contribution in [3.63, 3.8) is 0 Å². The van der Waals surface area contributed by atoms with Crippen LogP contribution in [0.15, 0.2) is 54.6 Å². The number of morpholine rings is 1. The molecular formula is C42H52N5O9PS. The maximum Gasteiger partial charge on any atom is 0.323 e. The molecule has 58 heavy (non-hydrogen) atoms. The standard InChI is InChI=1S/C42H52N5O9PS/c1-25(2)55-42(52)26(3)44-57(53,56-33-7-5-4-6-8-33)24-27-9-12-36-30(17-27)21-37(58-36)38(48)43-34-20-29-18-28(29)19-32-10-11-35(47(32)40(34)50)41(51)46-22-31(23-46)39(49)45-13-15-54-16-14-45/h4-9,12,17,21,25-26,28-29,31-32,34-35H,10-11,13-16,18-20,22-24H2,1-3H3,(H,43,48)(H,44,53)/t26-,28+,29-,32+,34-,35-,57+/m0/s1. The Morgan fingerprint density at radius 2 is 1.66 bits per heavy atom. The van der Waals surface area contributed by atoms with Gasteiger partial charge in [-0.3, -0.25) is 28.5 Å². The number of benzene rings is 2. The zero-order chi connectivity index (χ0) is 40.7. The van der Waals surface area contributed by atoms with Gasteiger partial charge in [-0.1, -0.05) is 24.3 Å². The van der Waals surface area contributed by atoms with Crippen molar-refractivity contribution < 1.29 is 42.5 Å². The van der Waals surface area contributed by atoms with E-state index >= 15 is 0 Å². The summed E-state index contributed by atoms with van der Waals surface area (Å²) >= 11 is 1.30. The Balaban J connectivity index is 0.945. The molecule has 4 saturated heterocycles. The van der Waals surface area contributed by atoms with Gasteiger partial charge < -0.3 is 34.0 Å². The summed E-state index contributed by atoms with van der Waals surface area (Å²) < 4.78 is 31.9. The molecule has 8 rings (SSSR count). The number of carbonyl (C=O) groups excluding carboxylic acids is 5. The predicted octanol–water partition coefficient (Wildman–Crippen LogP) is 4.81. The van der Waals surface area contributed by atoms with E-state index in [2.05, 4.69) is 10.4 Å². The molecule has 5 aliphatic rings. The minimum atomic E-state index is -3.70. The van der Waals surface area contributed by atoms with Crippen molar-refractivity contribution in [3.05, 3.63) is 65.0 Å². The average molecular weight is 834 g/mol. The van der Waals surface area contributed by atoms with E-state index in [4.69, 9.17) is 14.0 Å². The van der Waals surface area contributed by atoms with E-state index in [9.17, 15) is 28.5 Å². The molecule has 0 spiro atoms. The zero-order valence-electron chi connectivity index (χ0n) is 33.2. The first-order chi connectivity index (χ1) is 27.8. The lowest BCUT2D eigenvalue weighted by Gasteiger charge is -2.44. The van der Waals surface area contributed by atoms with E-state index in [1.807, 2.05) is 29.2 Å². The Bertz CT molecular complexity index is 2100. The van der Waals surface area contributed by atoms with Gasteiger partial charge in [-0.15, -0.1) is 11.3 Å². The van der Waals surface area contributed by atoms with Crippen LogP contribution in [0.1, 0.15) is 68.1 Å². The molecule has 3 aromatic rings. The molecule has 310 valence electrons. The number of para-hydroxylation sites is 1. The number of carbonyl (C=O) groups is 5. The van der Waals surface area contributed by atoms with Gasteiger partial charge in [-0.05, 0) is 106 Å². The van der Waals surface area contributed by atoms with Crippen molar-refractivity contribution >= 4 is 58.5 Å². The molecule has 2 N–H and O–H groups in total. The summed E-state index contributed by atoms with van der Waals surface area (Å²) in [6, 6.07) is 13.8. The van der Waals surface area contributed by atoms with Crippen LogP contribution in [0.25, 0.3) is 10.1 Å². The summed E-state index contributed by atoms with van der Waals surface area (Å²) in [7, 11) is -3.70. The Morgan fingerprint density at radius 1 is 0.914 bits per heavy atom. The summed E-state index contributed by atoms with van der Waals surface area (Å²) in [6.07, 6.45) is 3.36. The van der Waals surface area contributed by atoms with Gasteiger partial charge in [0.15, 0.2) is 0 Å². The van der Waals surface area contributed by atoms with E-state index in [0.29, 0.717) is 80.3 Å². The second kappa shape index (κ2) is 16.8. The molecule has 16 heteroatoms. The minimum absolute atomic E-state index is 0.0349. The lowest BCUT2D eigenvalue weighted by Crippen LogP contribution is -2.62. The largest absolute Gasteiger partial charge is 0.462 e. The highest BCUT2D eigenvalue weighted by atomic mass is 32.1. The number of hydrogen-bond acceptors (Lipinski definition) is 10. The van der Waals surface area contributed by atoms with Crippen LogP contribution >= 0.6 is 18.9 Å². The van der Waals surface area contributed by atoms with Crippen LogP contribution in [0.3, 0.4) is 0 Å². The third-order valence-electron chi connectivity index (χ3n) is 12.0. The topological polar surface area (TPSA) is 164 Å². The Morgan fingerprint density at radius 3 is 2.40 bits per heavy atom. The van der Waals surface area contributed by atoms with Crippen LogP contribution in [0.4, 0.5) is 0 Å². The van der Waals surface area contributed by atoms with Gasteiger partial charge in [0.2, 0.25) is 17.7 Å². The molecule has 5 fully saturated rings. The van der Waals surface area contributed by atoms with Gasteiger partial charge in [0.05, 0.1) is 36.3 Å². The number of hydrogen-bond donors (Lipinski definition) is 2. The maximum absolute atomic E-state index is 14.4. The molecule has 4 aliphatic heterocycles. The minimum Gasteiger partial charge on any atom is -0.462 e. The Kier molecular flexibility index (Phi) is 11.7. The molecule has 2 aromatic carbocycles. The van der Waals surface area contributed by atoms with Crippen LogP contribution in [0.5, 0.6) is 5.75 Å². The highest BCUT2D eigenvalue weighted by Gasteiger charge is 2.53. The first-order valence-electron chi connectivity index (χ1n) is 20.5. The van der Waals surface area contributed by atoms with Crippen LogP contribution < -0.4 is 14.9 Å². The van der Waals surface area contributed by atoms with E-state index in [-0.39, 0.29) is 47.9 Å². The predicted molar refractivity (Wildman–Crippen MR) is 217 cm³/mol. The summed E-state index contributed by atoms with van der Waals surface area (Å²) in [5.41, 5.74) is 0.679. The number of esters is 1. The second-order valence-electron chi connectivity index (χ2n) is 16.7. The van der Waals surface area contributed by atoms with E-state index in [0.717, 1.165) is 29.3 Å². The molecule has 5 heterocycles. The van der Waals surface area contributed by atoms with Crippen LogP contribution in [-0.2, 0) is 39.4 Å². The monoisotopic (exact) mass is 833 g/mol. The quantitative estimate of drug-likeness (QED) is 0.191. The van der Waals surface area contributed by atoms with Gasteiger partial charge in [0, 0.05) is 36.9 Å². The number of thiophene rings is 1. The molecule has 1 saturated carbocycles. The Hall–Kier alpha value is -4.30. The summed E-state index contributed by atoms with van der Waals surface area (Å²) in [6.45, 7) is 7.98. The fourth-order valence-electron chi connectivity index (χ4n) is 8.91. The van der Waals surface area contributed by atoms with Crippen LogP contribution in [-0.4, -0.2) is 114 Å². The lowest BCUT2D eigenvalue weighted by atomic mass is 9.96. The smallest absolute Gasteiger partial charge is 0.323 e. The number of likely N-dealkylation sites (tertiary alicyclic amines) is 1. The molecular weight excluding hydrogens is 782 g/mol. The average Bonchev–Trinajstić information content (AvgIpc) is 3.53. The molecule has 14 nitrogen and oxygen atoms in total. The normalized spacial score (nSPS) is 26.1. The van der Waals surface area contributed by atoms with Crippen molar-refractivity contribution in [2.75, 3.05) is 39.4 Å². The van der Waals surface area contributed by atoms with Crippen molar-refractivity contribution in [1.29, 1.82) is 0 Å². The Labute approximate surface area is 342 Å². The van der Waals surface area contributed by atoms with Crippen molar-refractivity contribution in [2.24, 2.45) is 17.8 Å². The van der Waals surface area contributed by atoms with E-state index in [1.165, 1.54) is 11.3 Å². The second-order valence-corrected chi connectivity index (χ2v) is 19.9. The highest BCUT2D eigenvalue weighted by Crippen LogP contribution is 2.50.